The molecule has 0 saturated heterocycles. The van der Waals surface area contributed by atoms with Gasteiger partial charge in [-0.05, 0) is 69.4 Å². The van der Waals surface area contributed by atoms with Crippen molar-refractivity contribution in [1.29, 1.82) is 0 Å². The lowest BCUT2D eigenvalue weighted by atomic mass is 10.0. The first-order chi connectivity index (χ1) is 18.7. The maximum atomic E-state index is 13.8. The first-order valence-corrected chi connectivity index (χ1v) is 13.1. The fraction of sp³-hybridized carbons (Fsp3) is 0.276. The van der Waals surface area contributed by atoms with E-state index in [4.69, 9.17) is 32.7 Å². The number of carbonyl (C=O) groups excluding carboxylic acids is 3. The molecule has 3 aromatic carbocycles. The third-order valence-electron chi connectivity index (χ3n) is 6.25. The Bertz CT molecular complexity index is 1400. The minimum absolute atomic E-state index is 0.144. The average Bonchev–Trinajstić information content (AvgIpc) is 3.07. The van der Waals surface area contributed by atoms with Crippen molar-refractivity contribution < 1.29 is 23.9 Å². The van der Waals surface area contributed by atoms with Gasteiger partial charge in [0.2, 0.25) is 0 Å². The van der Waals surface area contributed by atoms with Gasteiger partial charge in [-0.15, -0.1) is 0 Å². The van der Waals surface area contributed by atoms with E-state index in [-0.39, 0.29) is 24.3 Å². The van der Waals surface area contributed by atoms with Crippen LogP contribution in [0.2, 0.25) is 10.0 Å². The summed E-state index contributed by atoms with van der Waals surface area (Å²) in [5.41, 5.74) is 2.38. The van der Waals surface area contributed by atoms with Crippen molar-refractivity contribution in [2.45, 2.75) is 18.9 Å². The van der Waals surface area contributed by atoms with Crippen LogP contribution in [0.3, 0.4) is 0 Å². The van der Waals surface area contributed by atoms with E-state index in [0.29, 0.717) is 63.2 Å². The number of nitrogens with one attached hydrogen (secondary N) is 1. The van der Waals surface area contributed by atoms with Crippen molar-refractivity contribution in [2.75, 3.05) is 44.5 Å². The summed E-state index contributed by atoms with van der Waals surface area (Å²) in [5, 5.41) is 3.61. The number of methoxy groups -OCH3 is 1. The number of fused-ring (bicyclic) bond motifs is 1. The molecular weight excluding hydrogens is 541 g/mol. The Morgan fingerprint density at radius 3 is 2.51 bits per heavy atom. The third kappa shape index (κ3) is 6.71. The highest BCUT2D eigenvalue weighted by atomic mass is 35.5. The molecule has 204 valence electrons. The van der Waals surface area contributed by atoms with Crippen LogP contribution in [0, 0.1) is 0 Å². The second kappa shape index (κ2) is 12.5. The Hall–Kier alpha value is -3.59. The molecule has 3 aromatic rings. The van der Waals surface area contributed by atoms with E-state index in [1.54, 1.807) is 84.6 Å². The summed E-state index contributed by atoms with van der Waals surface area (Å²) in [4.78, 5) is 42.4. The highest BCUT2D eigenvalue weighted by molar-refractivity contribution is 6.34. The molecule has 1 heterocycles. The number of rotatable bonds is 7. The predicted octanol–water partition coefficient (Wildman–Crippen LogP) is 5.84. The molecule has 0 aliphatic carbocycles. The second-order valence-corrected chi connectivity index (χ2v) is 10.2. The lowest BCUT2D eigenvalue weighted by Crippen LogP contribution is -2.32. The number of halogens is 2. The van der Waals surface area contributed by atoms with Gasteiger partial charge in [-0.25, -0.2) is 0 Å². The highest BCUT2D eigenvalue weighted by Crippen LogP contribution is 2.38. The molecule has 8 nitrogen and oxygen atoms in total. The van der Waals surface area contributed by atoms with Gasteiger partial charge in [0.05, 0.1) is 35.5 Å². The topological polar surface area (TPSA) is 88.2 Å². The second-order valence-electron chi connectivity index (χ2n) is 9.37. The smallest absolute Gasteiger partial charge is 0.320 e. The van der Waals surface area contributed by atoms with Gasteiger partial charge in [-0.1, -0.05) is 35.3 Å². The molecule has 39 heavy (non-hydrogen) atoms. The first-order valence-electron chi connectivity index (χ1n) is 12.4. The Labute approximate surface area is 237 Å². The van der Waals surface area contributed by atoms with Crippen LogP contribution in [-0.2, 0) is 9.53 Å². The summed E-state index contributed by atoms with van der Waals surface area (Å²) >= 11 is 12.5. The van der Waals surface area contributed by atoms with Gasteiger partial charge in [-0.3, -0.25) is 19.3 Å². The van der Waals surface area contributed by atoms with Crippen molar-refractivity contribution in [3.63, 3.8) is 0 Å². The molecule has 4 rings (SSSR count). The van der Waals surface area contributed by atoms with Crippen LogP contribution in [-0.4, -0.2) is 57.0 Å². The summed E-state index contributed by atoms with van der Waals surface area (Å²) in [7, 11) is 5.04. The van der Waals surface area contributed by atoms with E-state index in [2.05, 4.69) is 5.32 Å². The lowest BCUT2D eigenvalue weighted by Gasteiger charge is -2.25. The van der Waals surface area contributed by atoms with Crippen LogP contribution in [0.5, 0.6) is 5.75 Å². The number of carbonyl (C=O) groups is 3. The monoisotopic (exact) mass is 569 g/mol. The Balaban J connectivity index is 1.61. The fourth-order valence-electron chi connectivity index (χ4n) is 4.46. The summed E-state index contributed by atoms with van der Waals surface area (Å²) in [6.07, 6.45) is 0.611. The number of nitrogens with zero attached hydrogens (tertiary/aromatic N) is 2. The maximum Gasteiger partial charge on any atom is 0.320 e. The zero-order valence-electron chi connectivity index (χ0n) is 21.9. The molecule has 1 N–H and O–H groups in total. The standard InChI is InChI=1S/C29H29Cl2N3O5/c1-33(2)17-27(35)39-25-9-6-14-34(24-13-10-18(30)15-22(24)25)29(37)21-12-11-19(16-26(21)38-3)32-28(36)20-7-4-5-8-23(20)31/h4-5,7-8,10-13,15-16,25H,6,9,14,17H2,1-3H3,(H,32,36). The molecule has 0 fully saturated rings. The van der Waals surface area contributed by atoms with Crippen LogP contribution in [0.4, 0.5) is 11.4 Å². The van der Waals surface area contributed by atoms with Crippen LogP contribution in [0.1, 0.15) is 45.2 Å². The minimum Gasteiger partial charge on any atom is -0.496 e. The number of ether oxygens (including phenoxy) is 2. The predicted molar refractivity (Wildman–Crippen MR) is 152 cm³/mol. The van der Waals surface area contributed by atoms with Crippen molar-refractivity contribution >= 4 is 52.4 Å². The molecule has 0 aromatic heterocycles. The van der Waals surface area contributed by atoms with Gasteiger partial charge in [0.15, 0.2) is 0 Å². The minimum atomic E-state index is -0.534. The fourth-order valence-corrected chi connectivity index (χ4v) is 4.86. The molecule has 2 amide bonds. The van der Waals surface area contributed by atoms with Gasteiger partial charge >= 0.3 is 5.97 Å². The molecule has 1 unspecified atom stereocenters. The van der Waals surface area contributed by atoms with Crippen LogP contribution >= 0.6 is 23.2 Å². The van der Waals surface area contributed by atoms with Gasteiger partial charge < -0.3 is 19.7 Å². The first kappa shape index (κ1) is 28.4. The number of likely N-dealkylation sites (N-methyl/N-ethyl adjacent to an activating group) is 1. The number of benzene rings is 3. The van der Waals surface area contributed by atoms with Gasteiger partial charge in [-0.2, -0.15) is 0 Å². The summed E-state index contributed by atoms with van der Waals surface area (Å²) in [5.74, 6) is -0.730. The van der Waals surface area contributed by atoms with E-state index in [0.717, 1.165) is 0 Å². The third-order valence-corrected chi connectivity index (χ3v) is 6.81. The molecule has 0 saturated carbocycles. The number of anilines is 2. The normalized spacial score (nSPS) is 14.8. The van der Waals surface area contributed by atoms with Crippen LogP contribution in [0.15, 0.2) is 60.7 Å². The molecular formula is C29H29Cl2N3O5. The van der Waals surface area contributed by atoms with E-state index >= 15 is 0 Å². The summed E-state index contributed by atoms with van der Waals surface area (Å²) in [6, 6.07) is 16.8. The zero-order valence-corrected chi connectivity index (χ0v) is 23.4. The highest BCUT2D eigenvalue weighted by Gasteiger charge is 2.31. The largest absolute Gasteiger partial charge is 0.496 e. The van der Waals surface area contributed by atoms with Crippen LogP contribution in [0.25, 0.3) is 0 Å². The number of amides is 2. The Morgan fingerprint density at radius 2 is 1.79 bits per heavy atom. The van der Waals surface area contributed by atoms with E-state index in [1.807, 2.05) is 0 Å². The van der Waals surface area contributed by atoms with Crippen LogP contribution < -0.4 is 15.0 Å². The summed E-state index contributed by atoms with van der Waals surface area (Å²) < 4.78 is 11.3. The molecule has 1 aliphatic heterocycles. The molecule has 0 spiro atoms. The SMILES string of the molecule is COc1cc(NC(=O)c2ccccc2Cl)ccc1C(=O)N1CCCC(OC(=O)CN(C)C)c2cc(Cl)ccc21. The van der Waals surface area contributed by atoms with Gasteiger partial charge in [0.25, 0.3) is 11.8 Å². The zero-order chi connectivity index (χ0) is 28.1. The lowest BCUT2D eigenvalue weighted by molar-refractivity contribution is -0.150. The van der Waals surface area contributed by atoms with Gasteiger partial charge in [0, 0.05) is 28.9 Å². The van der Waals surface area contributed by atoms with Gasteiger partial charge in [0.1, 0.15) is 11.9 Å². The number of hydrogen-bond acceptors (Lipinski definition) is 6. The average molecular weight is 570 g/mol. The summed E-state index contributed by atoms with van der Waals surface area (Å²) in [6.45, 7) is 0.551. The Morgan fingerprint density at radius 1 is 1.03 bits per heavy atom. The van der Waals surface area contributed by atoms with Crippen molar-refractivity contribution in [2.24, 2.45) is 0 Å². The van der Waals surface area contributed by atoms with E-state index in [9.17, 15) is 14.4 Å². The molecule has 1 atom stereocenters. The Kier molecular flexibility index (Phi) is 9.12. The maximum absolute atomic E-state index is 13.8. The molecule has 0 bridgehead atoms. The quantitative estimate of drug-likeness (QED) is 0.359. The molecule has 1 aliphatic rings. The molecule has 10 heteroatoms. The number of esters is 1. The molecule has 0 radical (unpaired) electrons. The van der Waals surface area contributed by atoms with Crippen molar-refractivity contribution in [3.8, 4) is 5.75 Å². The van der Waals surface area contributed by atoms with E-state index in [1.165, 1.54) is 7.11 Å². The van der Waals surface area contributed by atoms with E-state index < -0.39 is 6.10 Å². The van der Waals surface area contributed by atoms with Crippen molar-refractivity contribution in [3.05, 3.63) is 87.4 Å². The number of hydrogen-bond donors (Lipinski definition) is 1. The van der Waals surface area contributed by atoms with Crippen molar-refractivity contribution in [1.82, 2.24) is 4.90 Å².